The van der Waals surface area contributed by atoms with E-state index in [1.807, 2.05) is 36.9 Å². The van der Waals surface area contributed by atoms with Crippen molar-refractivity contribution >= 4 is 46.6 Å². The molecule has 57 heavy (non-hydrogen) atoms. The lowest BCUT2D eigenvalue weighted by Gasteiger charge is -2.45. The quantitative estimate of drug-likeness (QED) is 0.227. The van der Waals surface area contributed by atoms with Gasteiger partial charge in [-0.2, -0.15) is 5.10 Å². The predicted octanol–water partition coefficient (Wildman–Crippen LogP) is 3.10. The van der Waals surface area contributed by atoms with Gasteiger partial charge in [-0.05, 0) is 68.5 Å². The first kappa shape index (κ1) is 36.6. The van der Waals surface area contributed by atoms with Crippen molar-refractivity contribution in [2.24, 2.45) is 5.92 Å². The van der Waals surface area contributed by atoms with Gasteiger partial charge in [0.1, 0.15) is 23.1 Å². The molecule has 9 rings (SSSR count). The van der Waals surface area contributed by atoms with Crippen molar-refractivity contribution in [1.82, 2.24) is 34.6 Å². The number of nitrogens with one attached hydrogen (secondary N) is 2. The second-order valence-corrected chi connectivity index (χ2v) is 15.9. The minimum atomic E-state index is -0.676. The molecule has 0 spiro atoms. The Labute approximate surface area is 329 Å². The molecule has 3 saturated heterocycles. The van der Waals surface area contributed by atoms with Crippen molar-refractivity contribution in [3.05, 3.63) is 76.7 Å². The van der Waals surface area contributed by atoms with Gasteiger partial charge < -0.3 is 34.4 Å². The third kappa shape index (κ3) is 6.70. The fourth-order valence-corrected chi connectivity index (χ4v) is 8.96. The number of rotatable bonds is 10. The number of imide groups is 1. The zero-order valence-electron chi connectivity index (χ0n) is 32.2. The van der Waals surface area contributed by atoms with Gasteiger partial charge in [-0.3, -0.25) is 29.3 Å². The molecule has 5 aliphatic heterocycles. The van der Waals surface area contributed by atoms with Crippen LogP contribution < -0.4 is 25.0 Å². The van der Waals surface area contributed by atoms with Gasteiger partial charge in [0.15, 0.2) is 5.65 Å². The molecule has 3 fully saturated rings. The largest absolute Gasteiger partial charge is 0.496 e. The third-order valence-electron chi connectivity index (χ3n) is 11.8. The molecule has 0 bridgehead atoms. The Bertz CT molecular complexity index is 2310. The van der Waals surface area contributed by atoms with Crippen LogP contribution in [0.4, 0.5) is 11.4 Å². The molecule has 1 atom stereocenters. The maximum absolute atomic E-state index is 13.8. The molecular formula is C41H45N9O7. The number of anilines is 2. The summed E-state index contributed by atoms with van der Waals surface area (Å²) in [5, 5.41) is 9.59. The lowest BCUT2D eigenvalue weighted by atomic mass is 9.95. The molecule has 5 amide bonds. The summed E-state index contributed by atoms with van der Waals surface area (Å²) in [6, 6.07) is 8.75. The second-order valence-electron chi connectivity index (χ2n) is 15.9. The molecule has 16 heteroatoms. The number of aromatic nitrogens is 3. The molecule has 296 valence electrons. The number of ether oxygens (including phenoxy) is 2. The Morgan fingerprint density at radius 3 is 2.51 bits per heavy atom. The van der Waals surface area contributed by atoms with Crippen molar-refractivity contribution in [3.8, 4) is 11.5 Å². The predicted molar refractivity (Wildman–Crippen MR) is 207 cm³/mol. The SMILES string of the molecule is COc1cc(N2CC(CN3CCC(N4Cc5cc(NC(=O)c6cnn7cccnc67)c(OC(C)C)cc5C4=O)CC3)C2)cc2c1C(=O)N(C1CCC(=O)NC1=O)C2. The average Bonchev–Trinajstić information content (AvgIpc) is 3.86. The molecule has 2 aromatic carbocycles. The maximum Gasteiger partial charge on any atom is 0.261 e. The van der Waals surface area contributed by atoms with Crippen molar-refractivity contribution < 1.29 is 33.4 Å². The summed E-state index contributed by atoms with van der Waals surface area (Å²) >= 11 is 0. The summed E-state index contributed by atoms with van der Waals surface area (Å²) in [4.78, 5) is 77.5. The molecule has 0 saturated carbocycles. The number of likely N-dealkylation sites (tertiary alicyclic amines) is 1. The number of amides is 5. The van der Waals surface area contributed by atoms with E-state index in [2.05, 4.69) is 30.5 Å². The van der Waals surface area contributed by atoms with Crippen LogP contribution in [-0.4, -0.2) is 117 Å². The Kier molecular flexibility index (Phi) is 9.30. The van der Waals surface area contributed by atoms with E-state index in [9.17, 15) is 24.0 Å². The molecule has 2 N–H and O–H groups in total. The van der Waals surface area contributed by atoms with Gasteiger partial charge in [-0.25, -0.2) is 9.50 Å². The smallest absolute Gasteiger partial charge is 0.261 e. The van der Waals surface area contributed by atoms with Crippen LogP contribution in [0.2, 0.25) is 0 Å². The van der Waals surface area contributed by atoms with E-state index < -0.39 is 11.9 Å². The molecule has 0 radical (unpaired) electrons. The molecule has 1 unspecified atom stereocenters. The summed E-state index contributed by atoms with van der Waals surface area (Å²) in [6.45, 7) is 9.08. The van der Waals surface area contributed by atoms with Crippen LogP contribution in [-0.2, 0) is 22.7 Å². The summed E-state index contributed by atoms with van der Waals surface area (Å²) < 4.78 is 13.3. The molecule has 4 aromatic rings. The second kappa shape index (κ2) is 14.5. The Hall–Kier alpha value is -6.03. The first-order chi connectivity index (χ1) is 27.5. The van der Waals surface area contributed by atoms with E-state index in [0.717, 1.165) is 62.4 Å². The molecule has 0 aliphatic carbocycles. The first-order valence-electron chi connectivity index (χ1n) is 19.6. The van der Waals surface area contributed by atoms with Crippen LogP contribution in [0.25, 0.3) is 5.65 Å². The molecule has 16 nitrogen and oxygen atoms in total. The number of hydrogen-bond acceptors (Lipinski definition) is 11. The maximum atomic E-state index is 13.8. The van der Waals surface area contributed by atoms with Gasteiger partial charge in [-0.15, -0.1) is 0 Å². The Balaban J connectivity index is 0.801. The number of piperidine rings is 2. The number of benzene rings is 2. The molecule has 7 heterocycles. The van der Waals surface area contributed by atoms with E-state index in [-0.39, 0.29) is 42.2 Å². The number of carbonyl (C=O) groups is 5. The molecule has 2 aromatic heterocycles. The highest BCUT2D eigenvalue weighted by molar-refractivity contribution is 6.10. The number of methoxy groups -OCH3 is 1. The minimum Gasteiger partial charge on any atom is -0.496 e. The van der Waals surface area contributed by atoms with Gasteiger partial charge in [-0.1, -0.05) is 0 Å². The number of hydrogen-bond donors (Lipinski definition) is 2. The lowest BCUT2D eigenvalue weighted by molar-refractivity contribution is -0.136. The van der Waals surface area contributed by atoms with Crippen LogP contribution in [0.3, 0.4) is 0 Å². The van der Waals surface area contributed by atoms with Crippen LogP contribution in [0.1, 0.15) is 81.7 Å². The van der Waals surface area contributed by atoms with Crippen LogP contribution in [0.15, 0.2) is 48.9 Å². The zero-order chi connectivity index (χ0) is 39.5. The van der Waals surface area contributed by atoms with Gasteiger partial charge in [0, 0.05) is 93.9 Å². The molecule has 5 aliphatic rings. The van der Waals surface area contributed by atoms with E-state index in [4.69, 9.17) is 9.47 Å². The highest BCUT2D eigenvalue weighted by Crippen LogP contribution is 2.40. The fourth-order valence-electron chi connectivity index (χ4n) is 8.96. The van der Waals surface area contributed by atoms with Gasteiger partial charge in [0.05, 0.1) is 30.7 Å². The van der Waals surface area contributed by atoms with E-state index in [1.165, 1.54) is 6.20 Å². The van der Waals surface area contributed by atoms with Crippen LogP contribution in [0.5, 0.6) is 11.5 Å². The van der Waals surface area contributed by atoms with Crippen LogP contribution in [0, 0.1) is 5.92 Å². The Morgan fingerprint density at radius 2 is 1.75 bits per heavy atom. The highest BCUT2D eigenvalue weighted by Gasteiger charge is 2.42. The van der Waals surface area contributed by atoms with E-state index in [1.54, 1.807) is 41.1 Å². The fraction of sp³-hybridized carbons (Fsp3) is 0.439. The number of fused-ring (bicyclic) bond motifs is 3. The topological polar surface area (TPSA) is 171 Å². The van der Waals surface area contributed by atoms with Gasteiger partial charge in [0.25, 0.3) is 17.7 Å². The summed E-state index contributed by atoms with van der Waals surface area (Å²) in [5.41, 5.74) is 5.06. The third-order valence-corrected chi connectivity index (χ3v) is 11.8. The molecular weight excluding hydrogens is 731 g/mol. The summed E-state index contributed by atoms with van der Waals surface area (Å²) in [5.74, 6) is 0.0625. The van der Waals surface area contributed by atoms with Crippen LogP contribution >= 0.6 is 0 Å². The highest BCUT2D eigenvalue weighted by atomic mass is 16.5. The zero-order valence-corrected chi connectivity index (χ0v) is 32.2. The first-order valence-corrected chi connectivity index (χ1v) is 19.6. The minimum absolute atomic E-state index is 0.0110. The van der Waals surface area contributed by atoms with Crippen molar-refractivity contribution in [2.75, 3.05) is 50.1 Å². The van der Waals surface area contributed by atoms with Crippen molar-refractivity contribution in [1.29, 1.82) is 0 Å². The average molecular weight is 776 g/mol. The number of carbonyl (C=O) groups excluding carboxylic acids is 5. The van der Waals surface area contributed by atoms with Gasteiger partial charge in [0.2, 0.25) is 11.8 Å². The van der Waals surface area contributed by atoms with Gasteiger partial charge >= 0.3 is 0 Å². The Morgan fingerprint density at radius 1 is 0.965 bits per heavy atom. The van der Waals surface area contributed by atoms with Crippen molar-refractivity contribution in [2.45, 2.75) is 70.8 Å². The monoisotopic (exact) mass is 775 g/mol. The lowest BCUT2D eigenvalue weighted by Crippen LogP contribution is -2.53. The summed E-state index contributed by atoms with van der Waals surface area (Å²) in [6.07, 6.45) is 6.93. The van der Waals surface area contributed by atoms with Crippen molar-refractivity contribution in [3.63, 3.8) is 0 Å². The normalized spacial score (nSPS) is 20.3. The summed E-state index contributed by atoms with van der Waals surface area (Å²) in [7, 11) is 1.55. The van der Waals surface area contributed by atoms with E-state index >= 15 is 0 Å². The van der Waals surface area contributed by atoms with E-state index in [0.29, 0.717) is 65.0 Å². The standard InChI is InChI=1S/C41H45N9O7/c1-23(2)57-33-16-29-25(14-31(33)44-38(52)30-17-43-50-10-4-9-42-37(30)50)21-48(40(29)54)27-7-11-46(12-8-27)18-24-19-47(20-24)28-13-26-22-49(32-5-6-35(51)45-39(32)53)41(55)36(26)34(15-28)56-3/h4,9-10,13-17,23-24,27,32H,5-8,11-12,18-22H2,1-3H3,(H,44,52)(H,45,51,53). The number of nitrogens with zero attached hydrogens (tertiary/aromatic N) is 7.